The van der Waals surface area contributed by atoms with Gasteiger partial charge in [0.1, 0.15) is 0 Å². The summed E-state index contributed by atoms with van der Waals surface area (Å²) in [6, 6.07) is 3.51. The van der Waals surface area contributed by atoms with Gasteiger partial charge in [0.05, 0.1) is 28.8 Å². The lowest BCUT2D eigenvalue weighted by molar-refractivity contribution is 0.00578. The highest BCUT2D eigenvalue weighted by molar-refractivity contribution is 6.61. The summed E-state index contributed by atoms with van der Waals surface area (Å²) in [6.07, 6.45) is 1.55. The predicted octanol–water partition coefficient (Wildman–Crippen LogP) is 1.30. The van der Waals surface area contributed by atoms with Crippen molar-refractivity contribution < 1.29 is 9.31 Å². The zero-order valence-corrected chi connectivity index (χ0v) is 12.5. The highest BCUT2D eigenvalue weighted by atomic mass is 16.7. The summed E-state index contributed by atoms with van der Waals surface area (Å²) in [5, 5.41) is 9.10. The number of aromatic amines is 1. The maximum atomic E-state index is 12.0. The van der Waals surface area contributed by atoms with Crippen LogP contribution >= 0.6 is 0 Å². The standard InChI is InChI=1S/C14H19BN2O3/c1-9(8-16)11-10(18)6-7-17-12(11)15-19-13(2,3)14(4,5)20-15/h6-7,9H,1-5H3,(H,17,18). The molecule has 1 aliphatic rings. The minimum absolute atomic E-state index is 0.178. The second-order valence-corrected chi connectivity index (χ2v) is 6.11. The number of nitrogens with zero attached hydrogens (tertiary/aromatic N) is 1. The molecular weight excluding hydrogens is 255 g/mol. The fraction of sp³-hybridized carbons (Fsp3) is 0.571. The summed E-state index contributed by atoms with van der Waals surface area (Å²) >= 11 is 0. The Hall–Kier alpha value is -1.58. The molecule has 20 heavy (non-hydrogen) atoms. The van der Waals surface area contributed by atoms with E-state index in [-0.39, 0.29) is 5.43 Å². The van der Waals surface area contributed by atoms with Crippen LogP contribution in [0.5, 0.6) is 0 Å². The Kier molecular flexibility index (Phi) is 3.53. The third-order valence-corrected chi connectivity index (χ3v) is 4.14. The average Bonchev–Trinajstić information content (AvgIpc) is 2.57. The fourth-order valence-corrected chi connectivity index (χ4v) is 2.17. The fourth-order valence-electron chi connectivity index (χ4n) is 2.17. The van der Waals surface area contributed by atoms with E-state index in [0.29, 0.717) is 11.2 Å². The summed E-state index contributed by atoms with van der Waals surface area (Å²) in [6.45, 7) is 9.48. The molecule has 1 aliphatic heterocycles. The van der Waals surface area contributed by atoms with Gasteiger partial charge in [-0.25, -0.2) is 0 Å². The Morgan fingerprint density at radius 2 is 1.85 bits per heavy atom. The molecule has 0 amide bonds. The first-order valence-electron chi connectivity index (χ1n) is 6.66. The van der Waals surface area contributed by atoms with E-state index in [1.165, 1.54) is 6.07 Å². The zero-order chi connectivity index (χ0) is 15.1. The summed E-state index contributed by atoms with van der Waals surface area (Å²) in [5.74, 6) is -0.519. The molecular formula is C14H19BN2O3. The molecule has 0 bridgehead atoms. The lowest BCUT2D eigenvalue weighted by Crippen LogP contribution is -2.42. The minimum atomic E-state index is -0.667. The van der Waals surface area contributed by atoms with Crippen LogP contribution in [0.1, 0.15) is 46.1 Å². The van der Waals surface area contributed by atoms with Crippen LogP contribution in [-0.2, 0) is 9.31 Å². The van der Waals surface area contributed by atoms with Crippen molar-refractivity contribution in [2.45, 2.75) is 51.7 Å². The largest absolute Gasteiger partial charge is 0.512 e. The molecule has 0 saturated carbocycles. The van der Waals surface area contributed by atoms with E-state index in [2.05, 4.69) is 11.1 Å². The first-order valence-corrected chi connectivity index (χ1v) is 6.66. The molecule has 0 aliphatic carbocycles. The van der Waals surface area contributed by atoms with Gasteiger partial charge in [0.2, 0.25) is 0 Å². The molecule has 1 aromatic rings. The Bertz CT molecular complexity index is 600. The van der Waals surface area contributed by atoms with E-state index in [4.69, 9.17) is 14.6 Å². The molecule has 1 aromatic heterocycles. The van der Waals surface area contributed by atoms with Crippen LogP contribution in [0, 0.1) is 11.3 Å². The first-order chi connectivity index (χ1) is 9.19. The quantitative estimate of drug-likeness (QED) is 0.825. The van der Waals surface area contributed by atoms with Gasteiger partial charge < -0.3 is 14.3 Å². The minimum Gasteiger partial charge on any atom is -0.398 e. The molecule has 0 spiro atoms. The number of rotatable bonds is 2. The van der Waals surface area contributed by atoms with Crippen LogP contribution < -0.4 is 11.0 Å². The summed E-state index contributed by atoms with van der Waals surface area (Å²) in [4.78, 5) is 15.0. The number of H-pyrrole nitrogens is 1. The third kappa shape index (κ3) is 2.28. The third-order valence-electron chi connectivity index (χ3n) is 4.14. The topological polar surface area (TPSA) is 75.1 Å². The average molecular weight is 274 g/mol. The van der Waals surface area contributed by atoms with E-state index in [0.717, 1.165) is 0 Å². The number of nitriles is 1. The predicted molar refractivity (Wildman–Crippen MR) is 76.8 cm³/mol. The van der Waals surface area contributed by atoms with Gasteiger partial charge in [0, 0.05) is 17.8 Å². The monoisotopic (exact) mass is 274 g/mol. The van der Waals surface area contributed by atoms with Gasteiger partial charge in [-0.1, -0.05) is 0 Å². The van der Waals surface area contributed by atoms with Gasteiger partial charge in [-0.3, -0.25) is 4.79 Å². The molecule has 1 saturated heterocycles. The van der Waals surface area contributed by atoms with Crippen LogP contribution in [0.3, 0.4) is 0 Å². The number of nitrogens with one attached hydrogen (secondary N) is 1. The molecule has 1 fully saturated rings. The van der Waals surface area contributed by atoms with Crippen LogP contribution in [-0.4, -0.2) is 23.3 Å². The van der Waals surface area contributed by atoms with Gasteiger partial charge in [0.25, 0.3) is 0 Å². The molecule has 2 rings (SSSR count). The molecule has 1 N–H and O–H groups in total. The van der Waals surface area contributed by atoms with E-state index in [1.807, 2.05) is 27.7 Å². The van der Waals surface area contributed by atoms with Gasteiger partial charge >= 0.3 is 7.12 Å². The lowest BCUT2D eigenvalue weighted by atomic mass is 9.78. The SMILES string of the molecule is CC(C#N)c1c(B2OC(C)(C)C(C)(C)O2)[nH]ccc1=O. The molecule has 106 valence electrons. The van der Waals surface area contributed by atoms with E-state index < -0.39 is 24.2 Å². The van der Waals surface area contributed by atoms with Crippen molar-refractivity contribution in [3.05, 3.63) is 28.0 Å². The van der Waals surface area contributed by atoms with Crippen molar-refractivity contribution in [2.24, 2.45) is 0 Å². The molecule has 6 heteroatoms. The smallest absolute Gasteiger partial charge is 0.398 e. The highest BCUT2D eigenvalue weighted by Gasteiger charge is 2.53. The first kappa shape index (κ1) is 14.8. The zero-order valence-electron chi connectivity index (χ0n) is 12.5. The van der Waals surface area contributed by atoms with Crippen molar-refractivity contribution in [3.8, 4) is 6.07 Å². The van der Waals surface area contributed by atoms with Gasteiger partial charge in [-0.2, -0.15) is 5.26 Å². The van der Waals surface area contributed by atoms with Crippen molar-refractivity contribution in [2.75, 3.05) is 0 Å². The number of hydrogen-bond donors (Lipinski definition) is 1. The maximum absolute atomic E-state index is 12.0. The second-order valence-electron chi connectivity index (χ2n) is 6.11. The van der Waals surface area contributed by atoms with Crippen LogP contribution in [0.15, 0.2) is 17.1 Å². The van der Waals surface area contributed by atoms with Gasteiger partial charge in [-0.15, -0.1) is 0 Å². The van der Waals surface area contributed by atoms with Crippen LogP contribution in [0.2, 0.25) is 0 Å². The Labute approximate surface area is 119 Å². The molecule has 0 radical (unpaired) electrons. The highest BCUT2D eigenvalue weighted by Crippen LogP contribution is 2.36. The number of pyridine rings is 1. The van der Waals surface area contributed by atoms with Crippen molar-refractivity contribution in [1.29, 1.82) is 5.26 Å². The van der Waals surface area contributed by atoms with Gasteiger partial charge in [-0.05, 0) is 34.6 Å². The molecule has 1 unspecified atom stereocenters. The van der Waals surface area contributed by atoms with E-state index in [1.54, 1.807) is 13.1 Å². The normalized spacial score (nSPS) is 21.5. The van der Waals surface area contributed by atoms with Crippen molar-refractivity contribution >= 4 is 12.7 Å². The summed E-state index contributed by atoms with van der Waals surface area (Å²) < 4.78 is 11.9. The lowest BCUT2D eigenvalue weighted by Gasteiger charge is -2.32. The summed E-state index contributed by atoms with van der Waals surface area (Å²) in [5.41, 5.74) is -0.212. The van der Waals surface area contributed by atoms with E-state index in [9.17, 15) is 4.79 Å². The summed E-state index contributed by atoms with van der Waals surface area (Å²) in [7, 11) is -0.667. The molecule has 2 heterocycles. The van der Waals surface area contributed by atoms with Crippen LogP contribution in [0.25, 0.3) is 0 Å². The second kappa shape index (κ2) is 4.76. The molecule has 0 aromatic carbocycles. The van der Waals surface area contributed by atoms with Gasteiger partial charge in [0.15, 0.2) is 5.43 Å². The molecule has 5 nitrogen and oxygen atoms in total. The van der Waals surface area contributed by atoms with Crippen LogP contribution in [0.4, 0.5) is 0 Å². The number of hydrogen-bond acceptors (Lipinski definition) is 4. The molecule has 1 atom stereocenters. The Balaban J connectivity index is 2.49. The van der Waals surface area contributed by atoms with Crippen molar-refractivity contribution in [1.82, 2.24) is 4.98 Å². The Morgan fingerprint density at radius 1 is 1.30 bits per heavy atom. The van der Waals surface area contributed by atoms with Crippen molar-refractivity contribution in [3.63, 3.8) is 0 Å². The van der Waals surface area contributed by atoms with E-state index >= 15 is 0 Å². The Morgan fingerprint density at radius 3 is 2.35 bits per heavy atom. The maximum Gasteiger partial charge on any atom is 0.512 e. The number of aromatic nitrogens is 1.